The molecular formula is C25H26N6O6PtS. The summed E-state index contributed by atoms with van der Waals surface area (Å²) < 4.78 is 0. The molecule has 0 aliphatic heterocycles. The molecular weight excluding hydrogens is 707 g/mol. The molecule has 0 spiro atoms. The number of carbonyl (C=O) groups excluding carboxylic acids is 4. The first-order valence-electron chi connectivity index (χ1n) is 11.3. The van der Waals surface area contributed by atoms with E-state index in [0.29, 0.717) is 0 Å². The van der Waals surface area contributed by atoms with Crippen LogP contribution in [0.15, 0.2) is 67.0 Å². The first-order valence-corrected chi connectivity index (χ1v) is 12.0. The second-order valence-electron chi connectivity index (χ2n) is 7.69. The molecule has 12 nitrogen and oxygen atoms in total. The Kier molecular flexibility index (Phi) is 15.2. The van der Waals surface area contributed by atoms with Gasteiger partial charge in [0.25, 0.3) is 0 Å². The molecule has 3 rings (SSSR count). The summed E-state index contributed by atoms with van der Waals surface area (Å²) in [5.74, 6) is -4.35. The number of carboxylic acids is 2. The second-order valence-corrected chi connectivity index (χ2v) is 8.06. The zero-order valence-electron chi connectivity index (χ0n) is 20.5. The molecule has 14 heteroatoms. The molecule has 3 aromatic heterocycles. The predicted octanol–water partition coefficient (Wildman–Crippen LogP) is -1.67. The summed E-state index contributed by atoms with van der Waals surface area (Å²) >= 11 is 3.85. The van der Waals surface area contributed by atoms with Gasteiger partial charge in [0.1, 0.15) is 6.04 Å². The van der Waals surface area contributed by atoms with Crippen LogP contribution in [0.5, 0.6) is 0 Å². The third-order valence-electron chi connectivity index (χ3n) is 4.83. The molecule has 2 atom stereocenters. The fourth-order valence-electron chi connectivity index (χ4n) is 2.90. The first kappa shape index (κ1) is 33.4. The summed E-state index contributed by atoms with van der Waals surface area (Å²) in [5.41, 5.74) is 8.62. The number of hydrogen-bond acceptors (Lipinski definition) is 11. The zero-order valence-corrected chi connectivity index (χ0v) is 23.6. The number of nitrogens with two attached hydrogens (primary N) is 1. The molecule has 208 valence electrons. The Bertz CT molecular complexity index is 1170. The van der Waals surface area contributed by atoms with Crippen molar-refractivity contribution in [3.63, 3.8) is 0 Å². The molecule has 39 heavy (non-hydrogen) atoms. The van der Waals surface area contributed by atoms with E-state index in [4.69, 9.17) is 5.73 Å². The molecule has 0 aliphatic rings. The topological polar surface area (TPSA) is 203 Å². The van der Waals surface area contributed by atoms with Crippen molar-refractivity contribution in [3.8, 4) is 22.8 Å². The van der Waals surface area contributed by atoms with Gasteiger partial charge in [-0.05, 0) is 42.8 Å². The molecule has 0 saturated heterocycles. The van der Waals surface area contributed by atoms with Crippen molar-refractivity contribution in [1.82, 2.24) is 25.6 Å². The van der Waals surface area contributed by atoms with Crippen LogP contribution in [-0.2, 0) is 40.2 Å². The van der Waals surface area contributed by atoms with Gasteiger partial charge in [-0.15, -0.1) is 0 Å². The number of rotatable bonds is 11. The van der Waals surface area contributed by atoms with E-state index in [1.807, 2.05) is 59.9 Å². The number of aliphatic carboxylic acids is 2. The smallest absolute Gasteiger partial charge is 0.548 e. The van der Waals surface area contributed by atoms with E-state index in [0.717, 1.165) is 22.8 Å². The van der Waals surface area contributed by atoms with E-state index in [2.05, 4.69) is 32.9 Å². The Balaban J connectivity index is 0.000000381. The van der Waals surface area contributed by atoms with Crippen molar-refractivity contribution in [3.05, 3.63) is 67.0 Å². The summed E-state index contributed by atoms with van der Waals surface area (Å²) in [5, 5.41) is 24.8. The minimum Gasteiger partial charge on any atom is -0.548 e. The van der Waals surface area contributed by atoms with E-state index in [1.54, 1.807) is 12.4 Å². The molecule has 0 aromatic carbocycles. The number of pyridine rings is 3. The molecule has 4 N–H and O–H groups in total. The van der Waals surface area contributed by atoms with E-state index >= 15 is 0 Å². The number of nitrogens with one attached hydrogen (secondary N) is 2. The van der Waals surface area contributed by atoms with Crippen molar-refractivity contribution >= 4 is 36.4 Å². The maximum absolute atomic E-state index is 11.5. The van der Waals surface area contributed by atoms with Crippen LogP contribution in [0.1, 0.15) is 12.8 Å². The van der Waals surface area contributed by atoms with Crippen LogP contribution in [0.2, 0.25) is 0 Å². The summed E-state index contributed by atoms with van der Waals surface area (Å²) in [7, 11) is 0. The fourth-order valence-corrected chi connectivity index (χ4v) is 3.15. The van der Waals surface area contributed by atoms with Crippen molar-refractivity contribution in [2.75, 3.05) is 12.3 Å². The van der Waals surface area contributed by atoms with E-state index in [1.165, 1.54) is 0 Å². The number of thiol groups is 1. The van der Waals surface area contributed by atoms with Gasteiger partial charge < -0.3 is 36.2 Å². The number of aromatic nitrogens is 3. The van der Waals surface area contributed by atoms with E-state index in [9.17, 15) is 29.4 Å². The Morgan fingerprint density at radius 3 is 1.85 bits per heavy atom. The number of amides is 2. The quantitative estimate of drug-likeness (QED) is 0.165. The molecule has 0 saturated carbocycles. The zero-order chi connectivity index (χ0) is 27.9. The van der Waals surface area contributed by atoms with Crippen LogP contribution in [0.3, 0.4) is 0 Å². The number of hydrogen-bond donors (Lipinski definition) is 4. The van der Waals surface area contributed by atoms with Crippen LogP contribution < -0.4 is 26.6 Å². The number of nitrogens with zero attached hydrogens (tertiary/aromatic N) is 3. The Hall–Kier alpha value is -3.67. The van der Waals surface area contributed by atoms with Gasteiger partial charge in [0.2, 0.25) is 11.8 Å². The third kappa shape index (κ3) is 12.2. The first-order chi connectivity index (χ1) is 18.2. The van der Waals surface area contributed by atoms with E-state index < -0.39 is 42.4 Å². The van der Waals surface area contributed by atoms with Gasteiger partial charge in [-0.2, -0.15) is 12.6 Å². The fraction of sp³-hybridized carbons (Fsp3) is 0.240. The molecule has 0 radical (unpaired) electrons. The van der Waals surface area contributed by atoms with Crippen molar-refractivity contribution in [2.45, 2.75) is 24.9 Å². The molecule has 3 heterocycles. The predicted molar refractivity (Wildman–Crippen MR) is 137 cm³/mol. The molecule has 2 amide bonds. The molecule has 0 aliphatic carbocycles. The number of carboxylic acid groups (broad SMARTS) is 2. The summed E-state index contributed by atoms with van der Waals surface area (Å²) in [6.45, 7) is -0.686. The monoisotopic (exact) mass is 733 g/mol. The van der Waals surface area contributed by atoms with Gasteiger partial charge >= 0.3 is 21.1 Å². The van der Waals surface area contributed by atoms with Gasteiger partial charge in [-0.25, -0.2) is 4.98 Å². The van der Waals surface area contributed by atoms with Crippen molar-refractivity contribution < 1.29 is 50.5 Å². The third-order valence-corrected chi connectivity index (χ3v) is 5.20. The maximum Gasteiger partial charge on any atom is 2.00 e. The van der Waals surface area contributed by atoms with Crippen LogP contribution in [-0.4, -0.2) is 63.1 Å². The van der Waals surface area contributed by atoms with Crippen LogP contribution >= 0.6 is 12.6 Å². The van der Waals surface area contributed by atoms with Crippen LogP contribution in [0.4, 0.5) is 0 Å². The van der Waals surface area contributed by atoms with E-state index in [-0.39, 0.29) is 39.7 Å². The minimum atomic E-state index is -1.48. The van der Waals surface area contributed by atoms with Gasteiger partial charge in [0.15, 0.2) is 0 Å². The normalized spacial score (nSPS) is 11.4. The molecule has 3 aromatic rings. The molecule has 0 fully saturated rings. The number of carbonyl (C=O) groups is 4. The Morgan fingerprint density at radius 2 is 1.41 bits per heavy atom. The Morgan fingerprint density at radius 1 is 0.872 bits per heavy atom. The summed E-state index contributed by atoms with van der Waals surface area (Å²) in [6.07, 6.45) is 3.18. The maximum atomic E-state index is 11.5. The van der Waals surface area contributed by atoms with Gasteiger partial charge in [-0.3, -0.25) is 19.6 Å². The van der Waals surface area contributed by atoms with Crippen LogP contribution in [0, 0.1) is 0 Å². The average Bonchev–Trinajstić information content (AvgIpc) is 2.94. The van der Waals surface area contributed by atoms with Crippen LogP contribution in [0.25, 0.3) is 22.8 Å². The van der Waals surface area contributed by atoms with Gasteiger partial charge in [0.05, 0.1) is 41.3 Å². The minimum absolute atomic E-state index is 0. The molecule has 0 unspecified atom stereocenters. The summed E-state index contributed by atoms with van der Waals surface area (Å²) in [6, 6.07) is 15.2. The SMILES string of the molecule is N[C@@H](CCC(=O)N[C@@H](CS)C(=O)NCC(=O)[O-])C(=O)[O-].[Pt+2].c1ccc(-c2cccc(-c3ccccn3)n2)nc1. The average molecular weight is 734 g/mol. The van der Waals surface area contributed by atoms with Gasteiger partial charge in [-0.1, -0.05) is 18.2 Å². The van der Waals surface area contributed by atoms with Crippen molar-refractivity contribution in [2.24, 2.45) is 5.73 Å². The van der Waals surface area contributed by atoms with Gasteiger partial charge in [0, 0.05) is 30.6 Å². The summed E-state index contributed by atoms with van der Waals surface area (Å²) in [4.78, 5) is 56.6. The standard InChI is InChI=1S/C15H11N3.C10H17N3O6S.Pt/c1-3-10-16-12(6-1)14-8-5-9-15(18-14)13-7-2-4-11-17-13;11-5(10(18)19)1-2-7(14)13-6(4-20)9(17)12-3-8(15)16;/h1-11H;5-6,20H,1-4,11H2,(H,12,17)(H,13,14)(H,15,16)(H,18,19);/q;;+2/p-2/t;5-,6-;/m.0./s1. The Labute approximate surface area is 244 Å². The molecule has 0 bridgehead atoms. The van der Waals surface area contributed by atoms with Crippen molar-refractivity contribution in [1.29, 1.82) is 0 Å². The second kappa shape index (κ2) is 17.8. The largest absolute Gasteiger partial charge is 2.00 e.